The Hall–Kier alpha value is -3.63. The fraction of sp³-hybridized carbons (Fsp3) is 0.103. The second kappa shape index (κ2) is 9.88. The van der Waals surface area contributed by atoms with E-state index in [0.29, 0.717) is 11.3 Å². The van der Waals surface area contributed by atoms with Gasteiger partial charge in [-0.05, 0) is 54.8 Å². The Morgan fingerprint density at radius 1 is 0.727 bits per heavy atom. The molecule has 0 radical (unpaired) electrons. The summed E-state index contributed by atoms with van der Waals surface area (Å²) in [4.78, 5) is 0.134. The zero-order valence-electron chi connectivity index (χ0n) is 18.7. The summed E-state index contributed by atoms with van der Waals surface area (Å²) >= 11 is 0. The Labute approximate surface area is 196 Å². The molecule has 0 fully saturated rings. The first-order valence-corrected chi connectivity index (χ1v) is 12.3. The molecule has 0 aliphatic heterocycles. The van der Waals surface area contributed by atoms with Gasteiger partial charge in [0, 0.05) is 11.5 Å². The highest BCUT2D eigenvalue weighted by Crippen LogP contribution is 2.35. The first kappa shape index (κ1) is 22.6. The Morgan fingerprint density at radius 3 is 1.85 bits per heavy atom. The van der Waals surface area contributed by atoms with Crippen LogP contribution in [0.5, 0.6) is 5.75 Å². The van der Waals surface area contributed by atoms with Crippen molar-refractivity contribution in [2.75, 3.05) is 0 Å². The molecule has 0 N–H and O–H groups in total. The molecule has 33 heavy (non-hydrogen) atoms. The van der Waals surface area contributed by atoms with Gasteiger partial charge in [0.2, 0.25) is 0 Å². The second-order valence-corrected chi connectivity index (χ2v) is 9.45. The third-order valence-electron chi connectivity index (χ3n) is 5.49. The van der Waals surface area contributed by atoms with Crippen molar-refractivity contribution in [3.05, 3.63) is 137 Å². The topological polar surface area (TPSA) is 43.4 Å². The minimum Gasteiger partial charge on any atom is -0.378 e. The third kappa shape index (κ3) is 5.24. The largest absolute Gasteiger partial charge is 0.378 e. The lowest BCUT2D eigenvalue weighted by Gasteiger charge is -2.20. The monoisotopic (exact) mass is 454 g/mol. The molecular formula is C29H26O3S. The highest BCUT2D eigenvalue weighted by Gasteiger charge is 2.21. The van der Waals surface area contributed by atoms with E-state index in [4.69, 9.17) is 4.18 Å². The molecule has 0 saturated heterocycles. The summed E-state index contributed by atoms with van der Waals surface area (Å²) in [6.07, 6.45) is 3.75. The van der Waals surface area contributed by atoms with Crippen LogP contribution < -0.4 is 4.18 Å². The molecule has 0 heterocycles. The van der Waals surface area contributed by atoms with Gasteiger partial charge in [-0.2, -0.15) is 8.42 Å². The summed E-state index contributed by atoms with van der Waals surface area (Å²) in [6, 6.07) is 32.9. The number of benzene rings is 4. The Bertz CT molecular complexity index is 1300. The molecule has 0 aliphatic carbocycles. The van der Waals surface area contributed by atoms with Crippen LogP contribution in [-0.2, 0) is 10.1 Å². The maximum Gasteiger partial charge on any atom is 0.339 e. The van der Waals surface area contributed by atoms with Crippen LogP contribution in [0.25, 0.3) is 6.08 Å². The summed E-state index contributed by atoms with van der Waals surface area (Å²) in [7, 11) is -3.94. The van der Waals surface area contributed by atoms with Crippen molar-refractivity contribution in [3.8, 4) is 5.75 Å². The van der Waals surface area contributed by atoms with Gasteiger partial charge in [-0.3, -0.25) is 0 Å². The predicted molar refractivity (Wildman–Crippen MR) is 134 cm³/mol. The number of aryl methyl sites for hydroxylation is 1. The van der Waals surface area contributed by atoms with Crippen LogP contribution >= 0.6 is 0 Å². The van der Waals surface area contributed by atoms with Gasteiger partial charge in [-0.15, -0.1) is 0 Å². The number of hydrogen-bond acceptors (Lipinski definition) is 3. The quantitative estimate of drug-likeness (QED) is 0.224. The Morgan fingerprint density at radius 2 is 1.30 bits per heavy atom. The normalized spacial score (nSPS) is 11.7. The maximum atomic E-state index is 12.9. The third-order valence-corrected chi connectivity index (χ3v) is 6.74. The molecule has 4 aromatic rings. The van der Waals surface area contributed by atoms with Crippen molar-refractivity contribution in [2.45, 2.75) is 24.7 Å². The summed E-state index contributed by atoms with van der Waals surface area (Å²) in [5, 5.41) is 0. The van der Waals surface area contributed by atoms with Gasteiger partial charge in [0.05, 0.1) is 0 Å². The first-order chi connectivity index (χ1) is 16.0. The first-order valence-electron chi connectivity index (χ1n) is 10.9. The molecular weight excluding hydrogens is 428 g/mol. The van der Waals surface area contributed by atoms with E-state index in [1.165, 1.54) is 0 Å². The fourth-order valence-corrected chi connectivity index (χ4v) is 4.83. The van der Waals surface area contributed by atoms with Gasteiger partial charge < -0.3 is 4.18 Å². The number of rotatable bonds is 7. The summed E-state index contributed by atoms with van der Waals surface area (Å²) < 4.78 is 31.3. The number of hydrogen-bond donors (Lipinski definition) is 0. The highest BCUT2D eigenvalue weighted by atomic mass is 32.2. The molecule has 0 saturated carbocycles. The molecule has 166 valence electrons. The van der Waals surface area contributed by atoms with E-state index in [1.807, 2.05) is 74.5 Å². The molecule has 4 heteroatoms. The minimum atomic E-state index is -3.94. The predicted octanol–water partition coefficient (Wildman–Crippen LogP) is 6.98. The summed E-state index contributed by atoms with van der Waals surface area (Å²) in [5.74, 6) is 0.316. The van der Waals surface area contributed by atoms with Crippen molar-refractivity contribution >= 4 is 16.2 Å². The fourth-order valence-electron chi connectivity index (χ4n) is 3.87. The molecule has 0 aromatic heterocycles. The Balaban J connectivity index is 1.76. The lowest BCUT2D eigenvalue weighted by atomic mass is 9.84. The van der Waals surface area contributed by atoms with Gasteiger partial charge in [-0.25, -0.2) is 0 Å². The van der Waals surface area contributed by atoms with E-state index in [9.17, 15) is 8.42 Å². The van der Waals surface area contributed by atoms with Gasteiger partial charge in [0.25, 0.3) is 0 Å². The SMILES string of the molecule is CC=Cc1cc(C(c2ccccc2)c2ccccc2)ccc1OS(=O)(=O)c1ccc(C)cc1. The van der Waals surface area contributed by atoms with Crippen LogP contribution in [0, 0.1) is 6.92 Å². The molecule has 0 bridgehead atoms. The van der Waals surface area contributed by atoms with Crippen molar-refractivity contribution in [2.24, 2.45) is 0 Å². The standard InChI is InChI=1S/C29H26O3S/c1-3-10-25-21-26(29(23-11-6-4-7-12-23)24-13-8-5-9-14-24)17-20-28(25)32-33(30,31)27-18-15-22(2)16-19-27/h3-21,29H,1-2H3. The molecule has 0 aliphatic rings. The molecule has 4 rings (SSSR count). The molecule has 4 aromatic carbocycles. The average molecular weight is 455 g/mol. The van der Waals surface area contributed by atoms with Crippen molar-refractivity contribution < 1.29 is 12.6 Å². The zero-order chi connectivity index (χ0) is 23.3. The van der Waals surface area contributed by atoms with E-state index in [2.05, 4.69) is 24.3 Å². The van der Waals surface area contributed by atoms with E-state index in [1.54, 1.807) is 30.3 Å². The average Bonchev–Trinajstić information content (AvgIpc) is 2.83. The van der Waals surface area contributed by atoms with E-state index in [0.717, 1.165) is 22.3 Å². The van der Waals surface area contributed by atoms with Crippen LogP contribution in [0.2, 0.25) is 0 Å². The smallest absolute Gasteiger partial charge is 0.339 e. The zero-order valence-corrected chi connectivity index (χ0v) is 19.5. The van der Waals surface area contributed by atoms with Gasteiger partial charge >= 0.3 is 10.1 Å². The van der Waals surface area contributed by atoms with Crippen LogP contribution in [0.3, 0.4) is 0 Å². The van der Waals surface area contributed by atoms with Crippen LogP contribution in [0.15, 0.2) is 114 Å². The molecule has 0 atom stereocenters. The van der Waals surface area contributed by atoms with Crippen LogP contribution in [-0.4, -0.2) is 8.42 Å². The van der Waals surface area contributed by atoms with Crippen molar-refractivity contribution in [3.63, 3.8) is 0 Å². The molecule has 0 unspecified atom stereocenters. The molecule has 3 nitrogen and oxygen atoms in total. The summed E-state index contributed by atoms with van der Waals surface area (Å²) in [6.45, 7) is 3.81. The van der Waals surface area contributed by atoms with Crippen LogP contribution in [0.4, 0.5) is 0 Å². The number of allylic oxidation sites excluding steroid dienone is 1. The Kier molecular flexibility index (Phi) is 6.76. The van der Waals surface area contributed by atoms with Gasteiger partial charge in [0.15, 0.2) is 0 Å². The molecule has 0 amide bonds. The second-order valence-electron chi connectivity index (χ2n) is 7.90. The lowest BCUT2D eigenvalue weighted by Crippen LogP contribution is -2.11. The van der Waals surface area contributed by atoms with Crippen LogP contribution in [0.1, 0.15) is 40.7 Å². The van der Waals surface area contributed by atoms with Crippen molar-refractivity contribution in [1.29, 1.82) is 0 Å². The van der Waals surface area contributed by atoms with Gasteiger partial charge in [0.1, 0.15) is 10.6 Å². The lowest BCUT2D eigenvalue weighted by molar-refractivity contribution is 0.485. The van der Waals surface area contributed by atoms with Gasteiger partial charge in [-0.1, -0.05) is 96.6 Å². The highest BCUT2D eigenvalue weighted by molar-refractivity contribution is 7.87. The van der Waals surface area contributed by atoms with Crippen molar-refractivity contribution in [1.82, 2.24) is 0 Å². The van der Waals surface area contributed by atoms with E-state index in [-0.39, 0.29) is 10.8 Å². The maximum absolute atomic E-state index is 12.9. The molecule has 0 spiro atoms. The minimum absolute atomic E-state index is 0.0131. The summed E-state index contributed by atoms with van der Waals surface area (Å²) in [5.41, 5.74) is 5.08. The van der Waals surface area contributed by atoms with E-state index < -0.39 is 10.1 Å². The van der Waals surface area contributed by atoms with E-state index >= 15 is 0 Å².